The molecule has 1 nitrogen and oxygen atoms in total. The molecule has 88 valence electrons. The maximum Gasteiger partial charge on any atom is 0.130 e. The van der Waals surface area contributed by atoms with Gasteiger partial charge in [-0.1, -0.05) is 22.4 Å². The van der Waals surface area contributed by atoms with Gasteiger partial charge in [0.1, 0.15) is 11.6 Å². The lowest BCUT2D eigenvalue weighted by Gasteiger charge is -2.23. The maximum atomic E-state index is 13.6. The Labute approximate surface area is 102 Å². The van der Waals surface area contributed by atoms with E-state index >= 15 is 0 Å². The molecule has 0 aromatic heterocycles. The highest BCUT2D eigenvalue weighted by molar-refractivity contribution is 9.10. The van der Waals surface area contributed by atoms with Gasteiger partial charge in [0.05, 0.1) is 0 Å². The van der Waals surface area contributed by atoms with Gasteiger partial charge in [0.2, 0.25) is 0 Å². The van der Waals surface area contributed by atoms with Gasteiger partial charge >= 0.3 is 0 Å². The van der Waals surface area contributed by atoms with E-state index in [0.717, 1.165) is 25.8 Å². The molecule has 0 aliphatic carbocycles. The third-order valence-corrected chi connectivity index (χ3v) is 3.43. The molecular formula is C12H14BrF2N. The van der Waals surface area contributed by atoms with Crippen LogP contribution in [0.2, 0.25) is 0 Å². The number of piperidine rings is 1. The summed E-state index contributed by atoms with van der Waals surface area (Å²) in [5.74, 6) is -0.918. The minimum atomic E-state index is -0.459. The summed E-state index contributed by atoms with van der Waals surface area (Å²) in [5, 5.41) is 3.29. The summed E-state index contributed by atoms with van der Waals surface area (Å²) in [5.41, 5.74) is 0.197. The summed E-state index contributed by atoms with van der Waals surface area (Å²) >= 11 is 3.08. The zero-order valence-electron chi connectivity index (χ0n) is 8.90. The van der Waals surface area contributed by atoms with Gasteiger partial charge in [0.25, 0.3) is 0 Å². The second-order valence-electron chi connectivity index (χ2n) is 4.20. The van der Waals surface area contributed by atoms with Crippen LogP contribution in [0.3, 0.4) is 0 Å². The number of nitrogens with one attached hydrogen (secondary N) is 1. The van der Waals surface area contributed by atoms with Gasteiger partial charge in [-0.15, -0.1) is 0 Å². The van der Waals surface area contributed by atoms with Gasteiger partial charge in [0, 0.05) is 16.1 Å². The van der Waals surface area contributed by atoms with E-state index in [1.54, 1.807) is 0 Å². The third-order valence-electron chi connectivity index (χ3n) is 2.97. The summed E-state index contributed by atoms with van der Waals surface area (Å²) in [6.45, 7) is 0.949. The summed E-state index contributed by atoms with van der Waals surface area (Å²) in [6.07, 6.45) is 3.72. The van der Waals surface area contributed by atoms with Gasteiger partial charge < -0.3 is 5.32 Å². The Morgan fingerprint density at radius 2 is 1.94 bits per heavy atom. The van der Waals surface area contributed by atoms with Gasteiger partial charge in [-0.25, -0.2) is 8.78 Å². The SMILES string of the molecule is Fc1cc(Br)cc(F)c1CC1CCCCN1. The number of hydrogen-bond donors (Lipinski definition) is 1. The normalized spacial score (nSPS) is 21.1. The molecule has 0 bridgehead atoms. The van der Waals surface area contributed by atoms with Crippen LogP contribution in [0.5, 0.6) is 0 Å². The van der Waals surface area contributed by atoms with Crippen LogP contribution in [0.25, 0.3) is 0 Å². The number of rotatable bonds is 2. The molecule has 1 aromatic carbocycles. The number of halogens is 3. The summed E-state index contributed by atoms with van der Waals surface area (Å²) < 4.78 is 27.6. The lowest BCUT2D eigenvalue weighted by atomic mass is 9.97. The van der Waals surface area contributed by atoms with Gasteiger partial charge in [0.15, 0.2) is 0 Å². The van der Waals surface area contributed by atoms with Crippen molar-refractivity contribution in [2.75, 3.05) is 6.54 Å². The lowest BCUT2D eigenvalue weighted by Crippen LogP contribution is -2.36. The summed E-state index contributed by atoms with van der Waals surface area (Å²) in [7, 11) is 0. The molecule has 1 aliphatic rings. The molecule has 0 spiro atoms. The van der Waals surface area contributed by atoms with Crippen LogP contribution in [0.4, 0.5) is 8.78 Å². The van der Waals surface area contributed by atoms with Crippen molar-refractivity contribution < 1.29 is 8.78 Å². The molecule has 1 aromatic rings. The van der Waals surface area contributed by atoms with E-state index in [9.17, 15) is 8.78 Å². The van der Waals surface area contributed by atoms with E-state index in [4.69, 9.17) is 0 Å². The molecule has 0 saturated carbocycles. The quantitative estimate of drug-likeness (QED) is 0.880. The Morgan fingerprint density at radius 3 is 2.50 bits per heavy atom. The van der Waals surface area contributed by atoms with Gasteiger partial charge in [-0.3, -0.25) is 0 Å². The first kappa shape index (κ1) is 12.0. The highest BCUT2D eigenvalue weighted by Gasteiger charge is 2.18. The van der Waals surface area contributed by atoms with Crippen molar-refractivity contribution in [2.45, 2.75) is 31.7 Å². The Hall–Kier alpha value is -0.480. The Balaban J connectivity index is 2.14. The maximum absolute atomic E-state index is 13.6. The fourth-order valence-corrected chi connectivity index (χ4v) is 2.51. The van der Waals surface area contributed by atoms with Crippen LogP contribution in [-0.4, -0.2) is 12.6 Å². The van der Waals surface area contributed by atoms with Crippen LogP contribution in [-0.2, 0) is 6.42 Å². The van der Waals surface area contributed by atoms with Crippen LogP contribution in [0, 0.1) is 11.6 Å². The van der Waals surface area contributed by atoms with Crippen LogP contribution >= 0.6 is 15.9 Å². The molecule has 0 radical (unpaired) electrons. The smallest absolute Gasteiger partial charge is 0.130 e. The Morgan fingerprint density at radius 1 is 1.25 bits per heavy atom. The molecule has 0 amide bonds. The first-order valence-electron chi connectivity index (χ1n) is 5.53. The predicted octanol–water partition coefficient (Wildman–Crippen LogP) is 3.41. The summed E-state index contributed by atoms with van der Waals surface area (Å²) in [4.78, 5) is 0. The van der Waals surface area contributed by atoms with E-state index in [0.29, 0.717) is 10.9 Å². The second kappa shape index (κ2) is 5.23. The molecule has 1 saturated heterocycles. The largest absolute Gasteiger partial charge is 0.314 e. The predicted molar refractivity (Wildman–Crippen MR) is 63.4 cm³/mol. The number of benzene rings is 1. The Kier molecular flexibility index (Phi) is 3.92. The van der Waals surface area contributed by atoms with Crippen molar-refractivity contribution in [2.24, 2.45) is 0 Å². The van der Waals surface area contributed by atoms with E-state index in [2.05, 4.69) is 21.2 Å². The summed E-state index contributed by atoms with van der Waals surface area (Å²) in [6, 6.07) is 2.85. The fraction of sp³-hybridized carbons (Fsp3) is 0.500. The van der Waals surface area contributed by atoms with Crippen molar-refractivity contribution in [3.8, 4) is 0 Å². The second-order valence-corrected chi connectivity index (χ2v) is 5.11. The first-order chi connectivity index (χ1) is 7.66. The zero-order valence-corrected chi connectivity index (χ0v) is 10.5. The van der Waals surface area contributed by atoms with Crippen molar-refractivity contribution in [1.82, 2.24) is 5.32 Å². The topological polar surface area (TPSA) is 12.0 Å². The van der Waals surface area contributed by atoms with Crippen molar-refractivity contribution in [3.05, 3.63) is 33.8 Å². The van der Waals surface area contributed by atoms with Gasteiger partial charge in [-0.05, 0) is 37.9 Å². The highest BCUT2D eigenvalue weighted by atomic mass is 79.9. The van der Waals surface area contributed by atoms with E-state index in [-0.39, 0.29) is 11.6 Å². The minimum Gasteiger partial charge on any atom is -0.314 e. The van der Waals surface area contributed by atoms with E-state index < -0.39 is 11.6 Å². The van der Waals surface area contributed by atoms with Crippen molar-refractivity contribution >= 4 is 15.9 Å². The Bertz CT molecular complexity index is 352. The first-order valence-corrected chi connectivity index (χ1v) is 6.33. The monoisotopic (exact) mass is 289 g/mol. The average molecular weight is 290 g/mol. The molecule has 1 aliphatic heterocycles. The van der Waals surface area contributed by atoms with Crippen molar-refractivity contribution in [3.63, 3.8) is 0 Å². The van der Waals surface area contributed by atoms with Crippen molar-refractivity contribution in [1.29, 1.82) is 0 Å². The average Bonchev–Trinajstić information content (AvgIpc) is 2.25. The molecular weight excluding hydrogens is 276 g/mol. The minimum absolute atomic E-state index is 0.197. The van der Waals surface area contributed by atoms with Crippen LogP contribution < -0.4 is 5.32 Å². The molecule has 2 rings (SSSR count). The molecule has 16 heavy (non-hydrogen) atoms. The van der Waals surface area contributed by atoms with Gasteiger partial charge in [-0.2, -0.15) is 0 Å². The van der Waals surface area contributed by atoms with Crippen LogP contribution in [0.15, 0.2) is 16.6 Å². The third kappa shape index (κ3) is 2.80. The lowest BCUT2D eigenvalue weighted by molar-refractivity contribution is 0.389. The molecule has 1 atom stereocenters. The zero-order chi connectivity index (χ0) is 11.5. The molecule has 1 fully saturated rings. The molecule has 4 heteroatoms. The standard InChI is InChI=1S/C12H14BrF2N/c13-8-5-11(14)10(12(15)6-8)7-9-3-1-2-4-16-9/h5-6,9,16H,1-4,7H2. The molecule has 1 unspecified atom stereocenters. The molecule has 1 heterocycles. The fourth-order valence-electron chi connectivity index (χ4n) is 2.11. The highest BCUT2D eigenvalue weighted by Crippen LogP contribution is 2.22. The van der Waals surface area contributed by atoms with E-state index in [1.807, 2.05) is 0 Å². The van der Waals surface area contributed by atoms with Crippen LogP contribution in [0.1, 0.15) is 24.8 Å². The molecule has 1 N–H and O–H groups in total. The number of hydrogen-bond acceptors (Lipinski definition) is 1. The van der Waals surface area contributed by atoms with E-state index in [1.165, 1.54) is 12.1 Å².